The molecule has 0 spiro atoms. The first-order chi connectivity index (χ1) is 8.54. The van der Waals surface area contributed by atoms with E-state index in [0.29, 0.717) is 0 Å². The van der Waals surface area contributed by atoms with Gasteiger partial charge in [-0.2, -0.15) is 0 Å². The Morgan fingerprint density at radius 3 is 2.22 bits per heavy atom. The SMILES string of the molecule is CNC(c1sc(C)cc1Br)c1c(C)cccc1C. The van der Waals surface area contributed by atoms with Crippen molar-refractivity contribution in [2.45, 2.75) is 26.8 Å². The fraction of sp³-hybridized carbons (Fsp3) is 0.333. The normalized spacial score (nSPS) is 12.7. The van der Waals surface area contributed by atoms with Gasteiger partial charge >= 0.3 is 0 Å². The summed E-state index contributed by atoms with van der Waals surface area (Å²) in [5.41, 5.74) is 4.07. The van der Waals surface area contributed by atoms with Gasteiger partial charge in [-0.15, -0.1) is 11.3 Å². The highest BCUT2D eigenvalue weighted by Gasteiger charge is 2.20. The van der Waals surface area contributed by atoms with Crippen molar-refractivity contribution in [1.82, 2.24) is 5.32 Å². The van der Waals surface area contributed by atoms with Crippen molar-refractivity contribution in [3.05, 3.63) is 55.2 Å². The fourth-order valence-corrected chi connectivity index (χ4v) is 4.39. The zero-order valence-corrected chi connectivity index (χ0v) is 13.6. The van der Waals surface area contributed by atoms with Gasteiger partial charge in [0.25, 0.3) is 0 Å². The van der Waals surface area contributed by atoms with Crippen LogP contribution in [-0.2, 0) is 0 Å². The van der Waals surface area contributed by atoms with Gasteiger partial charge in [0.05, 0.1) is 6.04 Å². The lowest BCUT2D eigenvalue weighted by Gasteiger charge is -2.20. The molecule has 0 aliphatic carbocycles. The van der Waals surface area contributed by atoms with Crippen molar-refractivity contribution in [2.75, 3.05) is 7.05 Å². The second kappa shape index (κ2) is 5.55. The van der Waals surface area contributed by atoms with Gasteiger partial charge in [0.15, 0.2) is 0 Å². The number of benzene rings is 1. The summed E-state index contributed by atoms with van der Waals surface area (Å²) >= 11 is 5.53. The number of aryl methyl sites for hydroxylation is 3. The summed E-state index contributed by atoms with van der Waals surface area (Å²) < 4.78 is 1.20. The molecule has 1 aromatic heterocycles. The molecule has 1 N–H and O–H groups in total. The average molecular weight is 324 g/mol. The first kappa shape index (κ1) is 13.8. The molecule has 2 rings (SSSR count). The summed E-state index contributed by atoms with van der Waals surface area (Å²) in [6, 6.07) is 8.94. The zero-order valence-electron chi connectivity index (χ0n) is 11.2. The van der Waals surface area contributed by atoms with E-state index in [2.05, 4.69) is 66.3 Å². The summed E-state index contributed by atoms with van der Waals surface area (Å²) in [5.74, 6) is 0. The third kappa shape index (κ3) is 2.53. The van der Waals surface area contributed by atoms with E-state index in [4.69, 9.17) is 0 Å². The Labute approximate surface area is 121 Å². The van der Waals surface area contributed by atoms with E-state index in [1.807, 2.05) is 18.4 Å². The van der Waals surface area contributed by atoms with Crippen LogP contribution in [-0.4, -0.2) is 7.05 Å². The standard InChI is InChI=1S/C15H18BrNS/c1-9-6-5-7-10(2)13(9)14(17-4)15-12(16)8-11(3)18-15/h5-8,14,17H,1-4H3. The van der Waals surface area contributed by atoms with E-state index in [1.54, 1.807) is 0 Å². The van der Waals surface area contributed by atoms with E-state index in [0.717, 1.165) is 0 Å². The summed E-state index contributed by atoms with van der Waals surface area (Å²) in [6.07, 6.45) is 0. The Morgan fingerprint density at radius 2 is 1.78 bits per heavy atom. The number of thiophene rings is 1. The lowest BCUT2D eigenvalue weighted by atomic mass is 9.95. The third-order valence-electron chi connectivity index (χ3n) is 3.22. The minimum absolute atomic E-state index is 0.263. The van der Waals surface area contributed by atoms with Crippen LogP contribution in [0.2, 0.25) is 0 Å². The molecule has 1 aromatic carbocycles. The van der Waals surface area contributed by atoms with Crippen LogP contribution in [0.25, 0.3) is 0 Å². The molecule has 2 aromatic rings. The Hall–Kier alpha value is -0.640. The van der Waals surface area contributed by atoms with Crippen LogP contribution in [0.1, 0.15) is 32.5 Å². The van der Waals surface area contributed by atoms with Gasteiger partial charge in [0, 0.05) is 14.2 Å². The topological polar surface area (TPSA) is 12.0 Å². The molecule has 3 heteroatoms. The predicted octanol–water partition coefficient (Wildman–Crippen LogP) is 4.74. The molecule has 1 atom stereocenters. The molecule has 0 aliphatic rings. The Kier molecular flexibility index (Phi) is 4.25. The van der Waals surface area contributed by atoms with Crippen molar-refractivity contribution in [3.63, 3.8) is 0 Å². The smallest absolute Gasteiger partial charge is 0.0685 e. The maximum absolute atomic E-state index is 3.68. The maximum Gasteiger partial charge on any atom is 0.0685 e. The number of hydrogen-bond donors (Lipinski definition) is 1. The molecule has 0 fully saturated rings. The van der Waals surface area contributed by atoms with Crippen LogP contribution in [0, 0.1) is 20.8 Å². The summed E-state index contributed by atoms with van der Waals surface area (Å²) in [4.78, 5) is 2.69. The predicted molar refractivity (Wildman–Crippen MR) is 83.6 cm³/mol. The van der Waals surface area contributed by atoms with Crippen molar-refractivity contribution < 1.29 is 0 Å². The minimum atomic E-state index is 0.263. The number of rotatable bonds is 3. The van der Waals surface area contributed by atoms with Gasteiger partial charge in [-0.3, -0.25) is 0 Å². The zero-order chi connectivity index (χ0) is 13.3. The first-order valence-corrected chi connectivity index (χ1v) is 7.64. The quantitative estimate of drug-likeness (QED) is 0.859. The van der Waals surface area contributed by atoms with Crippen LogP contribution in [0.3, 0.4) is 0 Å². The van der Waals surface area contributed by atoms with Crippen LogP contribution in [0.4, 0.5) is 0 Å². The summed E-state index contributed by atoms with van der Waals surface area (Å²) in [7, 11) is 2.03. The van der Waals surface area contributed by atoms with E-state index in [9.17, 15) is 0 Å². The largest absolute Gasteiger partial charge is 0.309 e. The van der Waals surface area contributed by atoms with Crippen LogP contribution in [0.5, 0.6) is 0 Å². The highest BCUT2D eigenvalue weighted by atomic mass is 79.9. The van der Waals surface area contributed by atoms with Gasteiger partial charge in [-0.1, -0.05) is 18.2 Å². The second-order valence-corrected chi connectivity index (χ2v) is 6.74. The monoisotopic (exact) mass is 323 g/mol. The van der Waals surface area contributed by atoms with Gasteiger partial charge in [0.1, 0.15) is 0 Å². The molecule has 0 bridgehead atoms. The lowest BCUT2D eigenvalue weighted by molar-refractivity contribution is 0.692. The summed E-state index contributed by atoms with van der Waals surface area (Å²) in [6.45, 7) is 6.51. The molecule has 1 unspecified atom stereocenters. The highest BCUT2D eigenvalue weighted by molar-refractivity contribution is 9.10. The minimum Gasteiger partial charge on any atom is -0.309 e. The Bertz CT molecular complexity index is 539. The first-order valence-electron chi connectivity index (χ1n) is 6.03. The molecule has 18 heavy (non-hydrogen) atoms. The molecule has 0 amide bonds. The van der Waals surface area contributed by atoms with Crippen LogP contribution < -0.4 is 5.32 Å². The van der Waals surface area contributed by atoms with Gasteiger partial charge < -0.3 is 5.32 Å². The Morgan fingerprint density at radius 1 is 1.17 bits per heavy atom. The lowest BCUT2D eigenvalue weighted by Crippen LogP contribution is -2.19. The molecule has 0 saturated heterocycles. The molecule has 1 heterocycles. The van der Waals surface area contributed by atoms with Gasteiger partial charge in [-0.25, -0.2) is 0 Å². The van der Waals surface area contributed by atoms with E-state index in [-0.39, 0.29) is 6.04 Å². The molecular weight excluding hydrogens is 306 g/mol. The van der Waals surface area contributed by atoms with Crippen molar-refractivity contribution in [1.29, 1.82) is 0 Å². The van der Waals surface area contributed by atoms with Gasteiger partial charge in [-0.05, 0) is 66.5 Å². The molecule has 0 radical (unpaired) electrons. The molecular formula is C15H18BrNS. The molecule has 0 saturated carbocycles. The number of halogens is 1. The van der Waals surface area contributed by atoms with E-state index in [1.165, 1.54) is 30.9 Å². The van der Waals surface area contributed by atoms with Crippen molar-refractivity contribution >= 4 is 27.3 Å². The Balaban J connectivity index is 2.55. The second-order valence-electron chi connectivity index (χ2n) is 4.60. The molecule has 96 valence electrons. The molecule has 0 aliphatic heterocycles. The fourth-order valence-electron chi connectivity index (χ4n) is 2.39. The number of hydrogen-bond acceptors (Lipinski definition) is 2. The van der Waals surface area contributed by atoms with Crippen molar-refractivity contribution in [3.8, 4) is 0 Å². The third-order valence-corrected chi connectivity index (χ3v) is 5.25. The average Bonchev–Trinajstić information content (AvgIpc) is 2.63. The molecule has 1 nitrogen and oxygen atoms in total. The van der Waals surface area contributed by atoms with E-state index < -0.39 is 0 Å². The van der Waals surface area contributed by atoms with Crippen LogP contribution >= 0.6 is 27.3 Å². The maximum atomic E-state index is 3.68. The van der Waals surface area contributed by atoms with Crippen molar-refractivity contribution in [2.24, 2.45) is 0 Å². The number of nitrogens with one attached hydrogen (secondary N) is 1. The highest BCUT2D eigenvalue weighted by Crippen LogP contribution is 2.37. The van der Waals surface area contributed by atoms with E-state index >= 15 is 0 Å². The summed E-state index contributed by atoms with van der Waals surface area (Å²) in [5, 5.41) is 3.45. The van der Waals surface area contributed by atoms with Gasteiger partial charge in [0.2, 0.25) is 0 Å². The van der Waals surface area contributed by atoms with Crippen LogP contribution in [0.15, 0.2) is 28.7 Å².